The van der Waals surface area contributed by atoms with E-state index >= 15 is 0 Å². The molecule has 0 spiro atoms. The summed E-state index contributed by atoms with van der Waals surface area (Å²) < 4.78 is 6.08. The van der Waals surface area contributed by atoms with Crippen molar-refractivity contribution in [1.82, 2.24) is 9.97 Å². The van der Waals surface area contributed by atoms with Gasteiger partial charge in [-0.25, -0.2) is 9.97 Å². The number of ether oxygens (including phenoxy) is 1. The highest BCUT2D eigenvalue weighted by atomic mass is 35.5. The van der Waals surface area contributed by atoms with E-state index in [-0.39, 0.29) is 12.1 Å². The Morgan fingerprint density at radius 2 is 1.77 bits per heavy atom. The van der Waals surface area contributed by atoms with Gasteiger partial charge < -0.3 is 10.1 Å². The van der Waals surface area contributed by atoms with Gasteiger partial charge in [0.25, 0.3) is 0 Å². The van der Waals surface area contributed by atoms with Crippen LogP contribution in [0.1, 0.15) is 49.3 Å². The van der Waals surface area contributed by atoms with Crippen molar-refractivity contribution < 1.29 is 4.74 Å². The number of hydrogen-bond acceptors (Lipinski definition) is 4. The largest absolute Gasteiger partial charge is 0.376 e. The van der Waals surface area contributed by atoms with E-state index in [1.165, 1.54) is 11.1 Å². The van der Waals surface area contributed by atoms with Gasteiger partial charge in [0.2, 0.25) is 0 Å². The van der Waals surface area contributed by atoms with Crippen LogP contribution in [0.3, 0.4) is 0 Å². The monoisotopic (exact) mass is 455 g/mol. The molecule has 3 aromatic rings. The van der Waals surface area contributed by atoms with Gasteiger partial charge in [0.05, 0.1) is 34.3 Å². The predicted octanol–water partition coefficient (Wildman–Crippen LogP) is 6.69. The summed E-state index contributed by atoms with van der Waals surface area (Å²) in [6.45, 7) is 6.89. The molecule has 0 saturated heterocycles. The molecular formula is C25H27Cl2N3O. The van der Waals surface area contributed by atoms with Crippen molar-refractivity contribution in [2.45, 2.75) is 52.2 Å². The summed E-state index contributed by atoms with van der Waals surface area (Å²) in [4.78, 5) is 10.0. The second kappa shape index (κ2) is 9.56. The van der Waals surface area contributed by atoms with Crippen molar-refractivity contribution in [3.63, 3.8) is 0 Å². The Kier molecular flexibility index (Phi) is 6.80. The summed E-state index contributed by atoms with van der Waals surface area (Å²) in [5, 5.41) is 4.87. The molecule has 0 saturated carbocycles. The van der Waals surface area contributed by atoms with Gasteiger partial charge in [0.1, 0.15) is 5.82 Å². The van der Waals surface area contributed by atoms with Crippen LogP contribution in [0.5, 0.6) is 0 Å². The minimum atomic E-state index is 0.0467. The van der Waals surface area contributed by atoms with Crippen molar-refractivity contribution >= 4 is 29.0 Å². The molecule has 1 unspecified atom stereocenters. The lowest BCUT2D eigenvalue weighted by Crippen LogP contribution is -2.26. The van der Waals surface area contributed by atoms with Crippen LogP contribution in [-0.2, 0) is 24.0 Å². The van der Waals surface area contributed by atoms with Crippen molar-refractivity contribution in [2.75, 3.05) is 11.9 Å². The van der Waals surface area contributed by atoms with Gasteiger partial charge >= 0.3 is 0 Å². The highest BCUT2D eigenvalue weighted by molar-refractivity contribution is 6.36. The molecular weight excluding hydrogens is 429 g/mol. The zero-order valence-electron chi connectivity index (χ0n) is 18.1. The lowest BCUT2D eigenvalue weighted by Gasteiger charge is -2.24. The normalized spacial score (nSPS) is 17.6. The number of anilines is 1. The number of nitrogens with zero attached hydrogens (tertiary/aromatic N) is 2. The maximum absolute atomic E-state index is 6.49. The van der Waals surface area contributed by atoms with E-state index in [1.54, 1.807) is 6.07 Å². The molecule has 4 nitrogen and oxygen atoms in total. The molecule has 1 aliphatic carbocycles. The summed E-state index contributed by atoms with van der Waals surface area (Å²) in [7, 11) is 0. The highest BCUT2D eigenvalue weighted by Gasteiger charge is 2.33. The number of benzene rings is 2. The molecule has 31 heavy (non-hydrogen) atoms. The molecule has 162 valence electrons. The molecule has 0 amide bonds. The fourth-order valence-electron chi connectivity index (χ4n) is 4.26. The van der Waals surface area contributed by atoms with Crippen LogP contribution in [-0.4, -0.2) is 22.7 Å². The minimum Gasteiger partial charge on any atom is -0.376 e. The maximum atomic E-state index is 6.49. The first-order chi connectivity index (χ1) is 15.0. The van der Waals surface area contributed by atoms with Crippen LogP contribution in [0.4, 0.5) is 5.82 Å². The second-order valence-electron chi connectivity index (χ2n) is 7.66. The third-order valence-electron chi connectivity index (χ3n) is 5.75. The molecule has 2 aromatic carbocycles. The van der Waals surface area contributed by atoms with Crippen LogP contribution >= 0.6 is 23.2 Å². The summed E-state index contributed by atoms with van der Waals surface area (Å²) >= 11 is 12.6. The smallest absolute Gasteiger partial charge is 0.148 e. The van der Waals surface area contributed by atoms with E-state index in [1.807, 2.05) is 19.1 Å². The molecule has 0 bridgehead atoms. The number of nitrogens with one attached hydrogen (secondary N) is 1. The Labute approximate surface area is 194 Å². The van der Waals surface area contributed by atoms with Crippen LogP contribution in [0.25, 0.3) is 11.3 Å². The predicted molar refractivity (Wildman–Crippen MR) is 128 cm³/mol. The molecule has 1 aromatic heterocycles. The lowest BCUT2D eigenvalue weighted by atomic mass is 10.1. The maximum Gasteiger partial charge on any atom is 0.148 e. The number of aromatic nitrogens is 2. The Bertz CT molecular complexity index is 1090. The molecule has 0 fully saturated rings. The van der Waals surface area contributed by atoms with E-state index in [0.717, 1.165) is 47.7 Å². The van der Waals surface area contributed by atoms with E-state index in [4.69, 9.17) is 37.9 Å². The van der Waals surface area contributed by atoms with Gasteiger partial charge in [-0.05, 0) is 49.1 Å². The topological polar surface area (TPSA) is 47.0 Å². The number of aryl methyl sites for hydroxylation is 2. The first-order valence-corrected chi connectivity index (χ1v) is 11.6. The summed E-state index contributed by atoms with van der Waals surface area (Å²) in [5.41, 5.74) is 6.09. The quantitative estimate of drug-likeness (QED) is 0.430. The molecule has 2 atom stereocenters. The van der Waals surface area contributed by atoms with E-state index in [0.29, 0.717) is 16.7 Å². The molecule has 6 heteroatoms. The zero-order chi connectivity index (χ0) is 22.0. The summed E-state index contributed by atoms with van der Waals surface area (Å²) in [6.07, 6.45) is 2.47. The fraction of sp³-hybridized carbons (Fsp3) is 0.360. The third-order valence-corrected chi connectivity index (χ3v) is 6.30. The van der Waals surface area contributed by atoms with Crippen molar-refractivity contribution in [3.8, 4) is 11.3 Å². The molecule has 0 radical (unpaired) electrons. The van der Waals surface area contributed by atoms with Gasteiger partial charge in [0.15, 0.2) is 0 Å². The Morgan fingerprint density at radius 3 is 2.48 bits per heavy atom. The number of rotatable bonds is 7. The van der Waals surface area contributed by atoms with Gasteiger partial charge in [-0.2, -0.15) is 0 Å². The fourth-order valence-corrected chi connectivity index (χ4v) is 4.75. The molecule has 4 rings (SSSR count). The van der Waals surface area contributed by atoms with E-state index in [2.05, 4.69) is 43.4 Å². The molecule has 1 aliphatic rings. The first kappa shape index (κ1) is 22.1. The average molecular weight is 456 g/mol. The lowest BCUT2D eigenvalue weighted by molar-refractivity contribution is 0.0573. The Hall–Kier alpha value is -2.14. The number of hydrogen-bond donors (Lipinski definition) is 1. The van der Waals surface area contributed by atoms with Crippen LogP contribution < -0.4 is 5.32 Å². The Morgan fingerprint density at radius 1 is 1.00 bits per heavy atom. The third kappa shape index (κ3) is 4.43. The van der Waals surface area contributed by atoms with Crippen molar-refractivity contribution in [1.29, 1.82) is 0 Å². The van der Waals surface area contributed by atoms with Gasteiger partial charge in [0, 0.05) is 23.6 Å². The molecule has 1 N–H and O–H groups in total. The summed E-state index contributed by atoms with van der Waals surface area (Å²) in [6, 6.07) is 14.1. The zero-order valence-corrected chi connectivity index (χ0v) is 19.6. The van der Waals surface area contributed by atoms with Crippen LogP contribution in [0, 0.1) is 0 Å². The second-order valence-corrected chi connectivity index (χ2v) is 8.51. The Balaban J connectivity index is 1.75. The van der Waals surface area contributed by atoms with Crippen LogP contribution in [0.2, 0.25) is 10.0 Å². The van der Waals surface area contributed by atoms with Crippen LogP contribution in [0.15, 0.2) is 42.5 Å². The van der Waals surface area contributed by atoms with Gasteiger partial charge in [-0.3, -0.25) is 0 Å². The average Bonchev–Trinajstić information content (AvgIpc) is 3.11. The number of halogens is 2. The van der Waals surface area contributed by atoms with Crippen molar-refractivity contribution in [3.05, 3.63) is 75.0 Å². The van der Waals surface area contributed by atoms with Crippen molar-refractivity contribution in [2.24, 2.45) is 0 Å². The minimum absolute atomic E-state index is 0.0467. The molecule has 1 heterocycles. The van der Waals surface area contributed by atoms with Gasteiger partial charge in [-0.15, -0.1) is 0 Å². The standard InChI is InChI=1S/C25H27Cl2N3O/c1-4-20-23(18-12-11-16(26)14-19(18)27)28-21(5-2)25(29-20)30-24-17-10-8-7-9-15(17)13-22(24)31-6-3/h7-12,14,22,24H,4-6,13H2,1-3H3,(H,29,30)/t22-,24?/m0/s1. The van der Waals surface area contributed by atoms with E-state index < -0.39 is 0 Å². The SMILES string of the molecule is CCO[C@H]1Cc2ccccc2C1Nc1nc(CC)c(-c2ccc(Cl)cc2Cl)nc1CC. The first-order valence-electron chi connectivity index (χ1n) is 10.9. The summed E-state index contributed by atoms with van der Waals surface area (Å²) in [5.74, 6) is 0.819. The number of fused-ring (bicyclic) bond motifs is 1. The van der Waals surface area contributed by atoms with E-state index in [9.17, 15) is 0 Å². The van der Waals surface area contributed by atoms with Gasteiger partial charge in [-0.1, -0.05) is 61.3 Å². The highest BCUT2D eigenvalue weighted by Crippen LogP contribution is 2.37. The molecule has 0 aliphatic heterocycles.